The summed E-state index contributed by atoms with van der Waals surface area (Å²) in [6.45, 7) is 8.20. The fourth-order valence-corrected chi connectivity index (χ4v) is 1.65. The molecule has 0 heterocycles. The SMILES string of the molecule is C=CCOc1ccc(Oc2ccc(OCC=C)cc2)cc1. The second kappa shape index (κ2) is 7.80. The molecule has 108 valence electrons. The molecule has 0 bridgehead atoms. The lowest BCUT2D eigenvalue weighted by Gasteiger charge is -2.08. The minimum absolute atomic E-state index is 0.492. The molecule has 0 saturated carbocycles. The van der Waals surface area contributed by atoms with E-state index in [1.165, 1.54) is 0 Å². The summed E-state index contributed by atoms with van der Waals surface area (Å²) in [7, 11) is 0. The van der Waals surface area contributed by atoms with E-state index in [0.717, 1.165) is 23.0 Å². The lowest BCUT2D eigenvalue weighted by atomic mass is 10.3. The highest BCUT2D eigenvalue weighted by Crippen LogP contribution is 2.25. The molecule has 2 aromatic rings. The second-order valence-electron chi connectivity index (χ2n) is 4.24. The van der Waals surface area contributed by atoms with Crippen molar-refractivity contribution in [1.82, 2.24) is 0 Å². The fraction of sp³-hybridized carbons (Fsp3) is 0.111. The first-order valence-corrected chi connectivity index (χ1v) is 6.67. The molecule has 0 atom stereocenters. The van der Waals surface area contributed by atoms with Gasteiger partial charge in [0.05, 0.1) is 0 Å². The molecular formula is C18H18O3. The first-order chi connectivity index (χ1) is 10.3. The van der Waals surface area contributed by atoms with Crippen molar-refractivity contribution in [2.45, 2.75) is 0 Å². The van der Waals surface area contributed by atoms with Crippen molar-refractivity contribution in [3.8, 4) is 23.0 Å². The standard InChI is InChI=1S/C18H18O3/c1-3-13-19-15-5-9-17(10-6-15)21-18-11-7-16(8-12-18)20-14-4-2/h3-12H,1-2,13-14H2. The summed E-state index contributed by atoms with van der Waals surface area (Å²) in [6, 6.07) is 14.9. The number of ether oxygens (including phenoxy) is 3. The summed E-state index contributed by atoms with van der Waals surface area (Å²) >= 11 is 0. The van der Waals surface area contributed by atoms with Gasteiger partial charge in [-0.2, -0.15) is 0 Å². The summed E-state index contributed by atoms with van der Waals surface area (Å²) in [6.07, 6.45) is 3.42. The monoisotopic (exact) mass is 282 g/mol. The van der Waals surface area contributed by atoms with Crippen LogP contribution in [0, 0.1) is 0 Å². The number of hydrogen-bond donors (Lipinski definition) is 0. The van der Waals surface area contributed by atoms with Crippen LogP contribution in [0.2, 0.25) is 0 Å². The van der Waals surface area contributed by atoms with E-state index < -0.39 is 0 Å². The molecule has 3 nitrogen and oxygen atoms in total. The maximum atomic E-state index is 5.75. The van der Waals surface area contributed by atoms with Crippen LogP contribution in [0.3, 0.4) is 0 Å². The zero-order chi connectivity index (χ0) is 14.9. The van der Waals surface area contributed by atoms with Crippen LogP contribution in [0.5, 0.6) is 23.0 Å². The highest BCUT2D eigenvalue weighted by Gasteiger charge is 1.99. The molecule has 0 aliphatic carbocycles. The predicted octanol–water partition coefficient (Wildman–Crippen LogP) is 4.61. The molecule has 0 aromatic heterocycles. The van der Waals surface area contributed by atoms with Crippen molar-refractivity contribution in [3.63, 3.8) is 0 Å². The van der Waals surface area contributed by atoms with Gasteiger partial charge < -0.3 is 14.2 Å². The molecule has 0 N–H and O–H groups in total. The topological polar surface area (TPSA) is 27.7 Å². The Labute approximate surface area is 125 Å². The lowest BCUT2D eigenvalue weighted by Crippen LogP contribution is -1.93. The first-order valence-electron chi connectivity index (χ1n) is 6.67. The Morgan fingerprint density at radius 3 is 1.29 bits per heavy atom. The lowest BCUT2D eigenvalue weighted by molar-refractivity contribution is 0.361. The van der Waals surface area contributed by atoms with Crippen LogP contribution < -0.4 is 14.2 Å². The van der Waals surface area contributed by atoms with E-state index in [1.54, 1.807) is 12.2 Å². The summed E-state index contributed by atoms with van der Waals surface area (Å²) in [4.78, 5) is 0. The smallest absolute Gasteiger partial charge is 0.127 e. The predicted molar refractivity (Wildman–Crippen MR) is 84.3 cm³/mol. The number of hydrogen-bond acceptors (Lipinski definition) is 3. The Bertz CT molecular complexity index is 517. The second-order valence-corrected chi connectivity index (χ2v) is 4.24. The number of rotatable bonds is 8. The van der Waals surface area contributed by atoms with E-state index in [4.69, 9.17) is 14.2 Å². The van der Waals surface area contributed by atoms with Crippen LogP contribution in [0.4, 0.5) is 0 Å². The van der Waals surface area contributed by atoms with Gasteiger partial charge in [-0.15, -0.1) is 0 Å². The van der Waals surface area contributed by atoms with Crippen LogP contribution in [-0.4, -0.2) is 13.2 Å². The van der Waals surface area contributed by atoms with Crippen LogP contribution in [0.15, 0.2) is 73.8 Å². The average Bonchev–Trinajstić information content (AvgIpc) is 2.53. The van der Waals surface area contributed by atoms with Gasteiger partial charge in [0.1, 0.15) is 36.2 Å². The van der Waals surface area contributed by atoms with Gasteiger partial charge in [0.2, 0.25) is 0 Å². The van der Waals surface area contributed by atoms with Crippen molar-refractivity contribution >= 4 is 0 Å². The third-order valence-electron chi connectivity index (χ3n) is 2.62. The zero-order valence-electron chi connectivity index (χ0n) is 11.8. The highest BCUT2D eigenvalue weighted by atomic mass is 16.5. The highest BCUT2D eigenvalue weighted by molar-refractivity contribution is 5.37. The van der Waals surface area contributed by atoms with Gasteiger partial charge in [-0.25, -0.2) is 0 Å². The molecule has 0 amide bonds. The minimum Gasteiger partial charge on any atom is -0.490 e. The first kappa shape index (κ1) is 14.7. The van der Waals surface area contributed by atoms with E-state index in [9.17, 15) is 0 Å². The third kappa shape index (κ3) is 4.73. The van der Waals surface area contributed by atoms with Crippen LogP contribution in [0.1, 0.15) is 0 Å². The third-order valence-corrected chi connectivity index (χ3v) is 2.62. The molecule has 0 aliphatic rings. The van der Waals surface area contributed by atoms with Crippen molar-refractivity contribution < 1.29 is 14.2 Å². The van der Waals surface area contributed by atoms with Gasteiger partial charge in [0, 0.05) is 0 Å². The van der Waals surface area contributed by atoms with E-state index in [1.807, 2.05) is 48.5 Å². The largest absolute Gasteiger partial charge is 0.490 e. The molecule has 0 fully saturated rings. The molecule has 3 heteroatoms. The van der Waals surface area contributed by atoms with Gasteiger partial charge in [-0.1, -0.05) is 25.3 Å². The van der Waals surface area contributed by atoms with Crippen LogP contribution in [-0.2, 0) is 0 Å². The molecule has 0 aliphatic heterocycles. The van der Waals surface area contributed by atoms with Crippen molar-refractivity contribution in [2.75, 3.05) is 13.2 Å². The van der Waals surface area contributed by atoms with Gasteiger partial charge in [0.15, 0.2) is 0 Å². The molecule has 0 saturated heterocycles. The van der Waals surface area contributed by atoms with E-state index in [-0.39, 0.29) is 0 Å². The molecule has 0 spiro atoms. The van der Waals surface area contributed by atoms with Gasteiger partial charge in [-0.05, 0) is 48.5 Å². The Morgan fingerprint density at radius 2 is 0.952 bits per heavy atom. The normalized spacial score (nSPS) is 9.71. The van der Waals surface area contributed by atoms with Gasteiger partial charge in [-0.3, -0.25) is 0 Å². The van der Waals surface area contributed by atoms with Crippen molar-refractivity contribution in [2.24, 2.45) is 0 Å². The maximum absolute atomic E-state index is 5.75. The molecule has 0 radical (unpaired) electrons. The molecule has 0 unspecified atom stereocenters. The Hall–Kier alpha value is -2.68. The minimum atomic E-state index is 0.492. The zero-order valence-corrected chi connectivity index (χ0v) is 11.8. The fourth-order valence-electron chi connectivity index (χ4n) is 1.65. The van der Waals surface area contributed by atoms with E-state index in [2.05, 4.69) is 13.2 Å². The average molecular weight is 282 g/mol. The molecule has 2 aromatic carbocycles. The van der Waals surface area contributed by atoms with Gasteiger partial charge >= 0.3 is 0 Å². The quantitative estimate of drug-likeness (QED) is 0.662. The van der Waals surface area contributed by atoms with Crippen LogP contribution >= 0.6 is 0 Å². The Morgan fingerprint density at radius 1 is 0.619 bits per heavy atom. The van der Waals surface area contributed by atoms with Crippen LogP contribution in [0.25, 0.3) is 0 Å². The van der Waals surface area contributed by atoms with E-state index in [0.29, 0.717) is 13.2 Å². The number of benzene rings is 2. The summed E-state index contributed by atoms with van der Waals surface area (Å²) in [5, 5.41) is 0. The Balaban J connectivity index is 1.94. The molecule has 2 rings (SSSR count). The maximum Gasteiger partial charge on any atom is 0.127 e. The summed E-state index contributed by atoms with van der Waals surface area (Å²) < 4.78 is 16.6. The molecular weight excluding hydrogens is 264 g/mol. The Kier molecular flexibility index (Phi) is 5.47. The summed E-state index contributed by atoms with van der Waals surface area (Å²) in [5.41, 5.74) is 0. The molecule has 21 heavy (non-hydrogen) atoms. The van der Waals surface area contributed by atoms with Gasteiger partial charge in [0.25, 0.3) is 0 Å². The van der Waals surface area contributed by atoms with E-state index >= 15 is 0 Å². The summed E-state index contributed by atoms with van der Waals surface area (Å²) in [5.74, 6) is 3.08. The van der Waals surface area contributed by atoms with Crippen molar-refractivity contribution in [1.29, 1.82) is 0 Å². The van der Waals surface area contributed by atoms with Crippen molar-refractivity contribution in [3.05, 3.63) is 73.8 Å².